The number of hydrogen-bond donors (Lipinski definition) is 2. The minimum absolute atomic E-state index is 0.00438. The molecule has 1 unspecified atom stereocenters. The second-order valence-electron chi connectivity index (χ2n) is 5.69. The second-order valence-corrected chi connectivity index (χ2v) is 6.12. The molecule has 1 fully saturated rings. The smallest absolute Gasteiger partial charge is 0.234 e. The van der Waals surface area contributed by atoms with Crippen LogP contribution in [0.1, 0.15) is 18.9 Å². The lowest BCUT2D eigenvalue weighted by molar-refractivity contribution is -0.122. The molecule has 1 aromatic rings. The van der Waals surface area contributed by atoms with Crippen molar-refractivity contribution in [1.82, 2.24) is 10.2 Å². The van der Waals surface area contributed by atoms with E-state index in [1.165, 1.54) is 0 Å². The maximum atomic E-state index is 11.8. The molecule has 5 heteroatoms. The predicted molar refractivity (Wildman–Crippen MR) is 79.8 cm³/mol. The Hall–Kier alpha value is -1.10. The molecule has 20 heavy (non-hydrogen) atoms. The van der Waals surface area contributed by atoms with E-state index in [0.717, 1.165) is 24.9 Å². The first-order valence-electron chi connectivity index (χ1n) is 6.90. The van der Waals surface area contributed by atoms with Crippen molar-refractivity contribution in [2.45, 2.75) is 25.4 Å². The molecule has 0 bridgehead atoms. The predicted octanol–water partition coefficient (Wildman–Crippen LogP) is 1.46. The quantitative estimate of drug-likeness (QED) is 0.865. The number of amides is 1. The molecule has 2 rings (SSSR count). The van der Waals surface area contributed by atoms with Crippen molar-refractivity contribution in [2.24, 2.45) is 0 Å². The van der Waals surface area contributed by atoms with Gasteiger partial charge in [0.2, 0.25) is 5.91 Å². The van der Waals surface area contributed by atoms with Gasteiger partial charge in [0.05, 0.1) is 12.1 Å². The topological polar surface area (TPSA) is 52.6 Å². The highest BCUT2D eigenvalue weighted by Gasteiger charge is 2.31. The Kier molecular flexibility index (Phi) is 5.02. The van der Waals surface area contributed by atoms with Crippen LogP contribution in [0.2, 0.25) is 5.02 Å². The summed E-state index contributed by atoms with van der Waals surface area (Å²) in [6, 6.07) is 7.65. The van der Waals surface area contributed by atoms with Crippen LogP contribution in [-0.2, 0) is 11.2 Å². The third-order valence-corrected chi connectivity index (χ3v) is 3.76. The van der Waals surface area contributed by atoms with Gasteiger partial charge in [-0.2, -0.15) is 0 Å². The van der Waals surface area contributed by atoms with Gasteiger partial charge in [-0.1, -0.05) is 23.7 Å². The van der Waals surface area contributed by atoms with Gasteiger partial charge >= 0.3 is 0 Å². The molecule has 0 aromatic heterocycles. The largest absolute Gasteiger partial charge is 0.389 e. The minimum Gasteiger partial charge on any atom is -0.389 e. The van der Waals surface area contributed by atoms with Crippen LogP contribution in [0.5, 0.6) is 0 Å². The summed E-state index contributed by atoms with van der Waals surface area (Å²) >= 11 is 5.91. The molecule has 1 heterocycles. The zero-order chi connectivity index (χ0) is 14.6. The Morgan fingerprint density at radius 2 is 2.35 bits per heavy atom. The summed E-state index contributed by atoms with van der Waals surface area (Å²) in [7, 11) is 0. The van der Waals surface area contributed by atoms with E-state index in [9.17, 15) is 9.90 Å². The van der Waals surface area contributed by atoms with Gasteiger partial charge in [0, 0.05) is 24.7 Å². The van der Waals surface area contributed by atoms with Crippen LogP contribution in [0.15, 0.2) is 24.3 Å². The van der Waals surface area contributed by atoms with Crippen molar-refractivity contribution < 1.29 is 9.90 Å². The van der Waals surface area contributed by atoms with Gasteiger partial charge in [0.1, 0.15) is 0 Å². The molecule has 110 valence electrons. The fourth-order valence-corrected chi connectivity index (χ4v) is 2.68. The van der Waals surface area contributed by atoms with Gasteiger partial charge in [-0.05, 0) is 37.5 Å². The van der Waals surface area contributed by atoms with Crippen LogP contribution >= 0.6 is 11.6 Å². The summed E-state index contributed by atoms with van der Waals surface area (Å²) in [5.41, 5.74) is 0.461. The molecule has 1 atom stereocenters. The Morgan fingerprint density at radius 1 is 1.55 bits per heavy atom. The van der Waals surface area contributed by atoms with Gasteiger partial charge < -0.3 is 10.4 Å². The maximum Gasteiger partial charge on any atom is 0.234 e. The highest BCUT2D eigenvalue weighted by Crippen LogP contribution is 2.19. The summed E-state index contributed by atoms with van der Waals surface area (Å²) in [6.45, 7) is 4.10. The molecule has 1 saturated heterocycles. The van der Waals surface area contributed by atoms with Crippen LogP contribution < -0.4 is 5.32 Å². The molecule has 1 aliphatic rings. The number of nitrogens with one attached hydrogen (secondary N) is 1. The third-order valence-electron chi connectivity index (χ3n) is 3.52. The van der Waals surface area contributed by atoms with E-state index in [1.54, 1.807) is 0 Å². The van der Waals surface area contributed by atoms with Crippen LogP contribution in [0, 0.1) is 0 Å². The summed E-state index contributed by atoms with van der Waals surface area (Å²) in [4.78, 5) is 13.8. The van der Waals surface area contributed by atoms with Crippen LogP contribution in [-0.4, -0.2) is 47.7 Å². The van der Waals surface area contributed by atoms with Gasteiger partial charge in [0.15, 0.2) is 0 Å². The number of carbonyl (C=O) groups excluding carboxylic acids is 1. The maximum absolute atomic E-state index is 11.8. The van der Waals surface area contributed by atoms with E-state index in [0.29, 0.717) is 24.7 Å². The average molecular weight is 297 g/mol. The van der Waals surface area contributed by atoms with Crippen LogP contribution in [0.3, 0.4) is 0 Å². The molecule has 1 amide bonds. The van der Waals surface area contributed by atoms with E-state index in [1.807, 2.05) is 36.1 Å². The fourth-order valence-electron chi connectivity index (χ4n) is 2.47. The SMILES string of the molecule is CC1(O)CCN(CC(=O)NCCc2cccc(Cl)c2)C1. The standard InChI is InChI=1S/C15H21ClN2O2/c1-15(20)6-8-18(11-15)10-14(19)17-7-5-12-3-2-4-13(16)9-12/h2-4,9,20H,5-8,10-11H2,1H3,(H,17,19). The van der Waals surface area contributed by atoms with Gasteiger partial charge in [-0.3, -0.25) is 9.69 Å². The number of aliphatic hydroxyl groups is 1. The Balaban J connectivity index is 1.68. The summed E-state index contributed by atoms with van der Waals surface area (Å²) in [5.74, 6) is 0.00438. The van der Waals surface area contributed by atoms with E-state index in [2.05, 4.69) is 5.32 Å². The van der Waals surface area contributed by atoms with Crippen molar-refractivity contribution in [3.63, 3.8) is 0 Å². The highest BCUT2D eigenvalue weighted by atomic mass is 35.5. The highest BCUT2D eigenvalue weighted by molar-refractivity contribution is 6.30. The molecule has 0 spiro atoms. The first-order chi connectivity index (χ1) is 9.44. The fraction of sp³-hybridized carbons (Fsp3) is 0.533. The molecular formula is C15H21ClN2O2. The average Bonchev–Trinajstić information content (AvgIpc) is 2.68. The monoisotopic (exact) mass is 296 g/mol. The number of halogens is 1. The third kappa shape index (κ3) is 4.78. The minimum atomic E-state index is -0.652. The van der Waals surface area contributed by atoms with Gasteiger partial charge in [-0.15, -0.1) is 0 Å². The summed E-state index contributed by atoms with van der Waals surface area (Å²) < 4.78 is 0. The number of benzene rings is 1. The first-order valence-corrected chi connectivity index (χ1v) is 7.28. The van der Waals surface area contributed by atoms with Crippen LogP contribution in [0.25, 0.3) is 0 Å². The molecule has 0 aliphatic carbocycles. The molecule has 2 N–H and O–H groups in total. The summed E-state index contributed by atoms with van der Waals surface area (Å²) in [6.07, 6.45) is 1.49. The Morgan fingerprint density at radius 3 is 3.00 bits per heavy atom. The molecule has 4 nitrogen and oxygen atoms in total. The number of rotatable bonds is 5. The normalized spacial score (nSPS) is 22.9. The van der Waals surface area contributed by atoms with Crippen LogP contribution in [0.4, 0.5) is 0 Å². The zero-order valence-electron chi connectivity index (χ0n) is 11.7. The van der Waals surface area contributed by atoms with Crippen molar-refractivity contribution in [3.8, 4) is 0 Å². The Labute approximate surface area is 124 Å². The molecule has 0 saturated carbocycles. The van der Waals surface area contributed by atoms with E-state index in [-0.39, 0.29) is 5.91 Å². The van der Waals surface area contributed by atoms with Gasteiger partial charge in [0.25, 0.3) is 0 Å². The molecule has 0 radical (unpaired) electrons. The molecule has 1 aliphatic heterocycles. The lowest BCUT2D eigenvalue weighted by atomic mass is 10.1. The number of likely N-dealkylation sites (tertiary alicyclic amines) is 1. The lowest BCUT2D eigenvalue weighted by Gasteiger charge is -2.18. The number of nitrogens with zero attached hydrogens (tertiary/aromatic N) is 1. The molecular weight excluding hydrogens is 276 g/mol. The van der Waals surface area contributed by atoms with Gasteiger partial charge in [-0.25, -0.2) is 0 Å². The van der Waals surface area contributed by atoms with E-state index in [4.69, 9.17) is 11.6 Å². The first kappa shape index (κ1) is 15.3. The number of hydrogen-bond acceptors (Lipinski definition) is 3. The second kappa shape index (κ2) is 6.57. The van der Waals surface area contributed by atoms with E-state index >= 15 is 0 Å². The zero-order valence-corrected chi connectivity index (χ0v) is 12.5. The number of carbonyl (C=O) groups is 1. The number of β-amino-alcohol motifs (C(OH)–C–C–N with tert-alkyl or cyclic N) is 1. The molecule has 1 aromatic carbocycles. The van der Waals surface area contributed by atoms with Crippen molar-refractivity contribution in [2.75, 3.05) is 26.2 Å². The van der Waals surface area contributed by atoms with Crippen molar-refractivity contribution >= 4 is 17.5 Å². The van der Waals surface area contributed by atoms with Crippen molar-refractivity contribution in [1.29, 1.82) is 0 Å². The lowest BCUT2D eigenvalue weighted by Crippen LogP contribution is -2.38. The van der Waals surface area contributed by atoms with Crippen molar-refractivity contribution in [3.05, 3.63) is 34.9 Å². The summed E-state index contributed by atoms with van der Waals surface area (Å²) in [5, 5.41) is 13.5. The van der Waals surface area contributed by atoms with E-state index < -0.39 is 5.60 Å². The Bertz CT molecular complexity index is 477.